The van der Waals surface area contributed by atoms with Crippen LogP contribution in [0.15, 0.2) is 46.4 Å². The Hall–Kier alpha value is -3.26. The molecule has 1 aliphatic carbocycles. The Morgan fingerprint density at radius 2 is 2.07 bits per heavy atom. The number of aromatic nitrogens is 1. The van der Waals surface area contributed by atoms with E-state index in [1.807, 2.05) is 56.3 Å². The van der Waals surface area contributed by atoms with Gasteiger partial charge in [-0.3, -0.25) is 4.79 Å². The van der Waals surface area contributed by atoms with E-state index in [0.29, 0.717) is 11.8 Å². The zero-order valence-corrected chi connectivity index (χ0v) is 16.3. The molecule has 28 heavy (non-hydrogen) atoms. The number of fused-ring (bicyclic) bond motifs is 1. The van der Waals surface area contributed by atoms with Crippen molar-refractivity contribution in [3.63, 3.8) is 0 Å². The summed E-state index contributed by atoms with van der Waals surface area (Å²) in [4.78, 5) is 12.7. The smallest absolute Gasteiger partial charge is 0.262 e. The van der Waals surface area contributed by atoms with Gasteiger partial charge in [-0.2, -0.15) is 5.26 Å². The van der Waals surface area contributed by atoms with Crippen LogP contribution >= 0.6 is 0 Å². The Morgan fingerprint density at radius 3 is 2.75 bits per heavy atom. The minimum absolute atomic E-state index is 0.0963. The molecule has 5 heteroatoms. The Balaban J connectivity index is 1.55. The molecule has 1 aliphatic rings. The molecule has 1 saturated carbocycles. The van der Waals surface area contributed by atoms with Crippen molar-refractivity contribution < 1.29 is 9.21 Å². The average molecular weight is 373 g/mol. The van der Waals surface area contributed by atoms with Gasteiger partial charge in [0.1, 0.15) is 23.0 Å². The van der Waals surface area contributed by atoms with Crippen LogP contribution in [0.1, 0.15) is 54.6 Å². The molecule has 0 bridgehead atoms. The standard InChI is InChI=1S/C23H23N3O2/c1-14-10-18(16(3)26(14)20-8-9-20)11-19(13-24)23(27)25-15(2)22-12-17-6-4-5-7-21(17)28-22/h4-7,10-12,15,20H,8-9H2,1-3H3,(H,25,27)/b19-11+. The van der Waals surface area contributed by atoms with Crippen LogP contribution < -0.4 is 5.32 Å². The summed E-state index contributed by atoms with van der Waals surface area (Å²) in [5.41, 5.74) is 4.07. The lowest BCUT2D eigenvalue weighted by Crippen LogP contribution is -2.27. The van der Waals surface area contributed by atoms with E-state index in [1.165, 1.54) is 18.5 Å². The van der Waals surface area contributed by atoms with Crippen LogP contribution in [0.25, 0.3) is 17.0 Å². The molecule has 1 N–H and O–H groups in total. The molecule has 0 spiro atoms. The maximum Gasteiger partial charge on any atom is 0.262 e. The van der Waals surface area contributed by atoms with Gasteiger partial charge in [0, 0.05) is 22.8 Å². The van der Waals surface area contributed by atoms with Crippen molar-refractivity contribution in [3.05, 3.63) is 64.7 Å². The van der Waals surface area contributed by atoms with Crippen LogP contribution in [0.2, 0.25) is 0 Å². The van der Waals surface area contributed by atoms with Gasteiger partial charge in [0.25, 0.3) is 5.91 Å². The lowest BCUT2D eigenvalue weighted by molar-refractivity contribution is -0.117. The summed E-state index contributed by atoms with van der Waals surface area (Å²) in [6.07, 6.45) is 4.07. The number of rotatable bonds is 5. The van der Waals surface area contributed by atoms with Crippen LogP contribution in [0.5, 0.6) is 0 Å². The first-order chi connectivity index (χ1) is 13.5. The number of nitrogens with one attached hydrogen (secondary N) is 1. The fourth-order valence-electron chi connectivity index (χ4n) is 3.71. The van der Waals surface area contributed by atoms with E-state index in [9.17, 15) is 10.1 Å². The van der Waals surface area contributed by atoms with Crippen LogP contribution in [0.3, 0.4) is 0 Å². The number of carbonyl (C=O) groups excluding carboxylic acids is 1. The van der Waals surface area contributed by atoms with E-state index in [-0.39, 0.29) is 11.6 Å². The fourth-order valence-corrected chi connectivity index (χ4v) is 3.71. The van der Waals surface area contributed by atoms with E-state index in [0.717, 1.165) is 22.2 Å². The quantitative estimate of drug-likeness (QED) is 0.507. The van der Waals surface area contributed by atoms with Gasteiger partial charge in [-0.05, 0) is 63.5 Å². The third-order valence-electron chi connectivity index (χ3n) is 5.32. The number of nitriles is 1. The molecule has 1 atom stereocenters. The fraction of sp³-hybridized carbons (Fsp3) is 0.304. The van der Waals surface area contributed by atoms with Gasteiger partial charge in [-0.1, -0.05) is 18.2 Å². The number of furan rings is 1. The normalized spacial score (nSPS) is 15.4. The van der Waals surface area contributed by atoms with E-state index in [2.05, 4.69) is 16.8 Å². The van der Waals surface area contributed by atoms with Gasteiger partial charge < -0.3 is 14.3 Å². The Bertz CT molecular complexity index is 1090. The molecule has 2 heterocycles. The molecule has 3 aromatic rings. The van der Waals surface area contributed by atoms with Gasteiger partial charge in [-0.15, -0.1) is 0 Å². The maximum absolute atomic E-state index is 12.7. The third kappa shape index (κ3) is 3.34. The lowest BCUT2D eigenvalue weighted by Gasteiger charge is -2.11. The topological polar surface area (TPSA) is 71.0 Å². The number of benzene rings is 1. The zero-order valence-electron chi connectivity index (χ0n) is 16.3. The third-order valence-corrected chi connectivity index (χ3v) is 5.32. The largest absolute Gasteiger partial charge is 0.459 e. The molecule has 0 radical (unpaired) electrons. The molecule has 142 valence electrons. The van der Waals surface area contributed by atoms with E-state index in [4.69, 9.17) is 4.42 Å². The molecule has 0 aliphatic heterocycles. The van der Waals surface area contributed by atoms with Gasteiger partial charge in [-0.25, -0.2) is 0 Å². The summed E-state index contributed by atoms with van der Waals surface area (Å²) in [5.74, 6) is 0.269. The molecule has 0 saturated heterocycles. The van der Waals surface area contributed by atoms with Gasteiger partial charge in [0.15, 0.2) is 0 Å². The zero-order chi connectivity index (χ0) is 19.8. The Kier molecular flexibility index (Phi) is 4.56. The first kappa shape index (κ1) is 18.1. The predicted octanol–water partition coefficient (Wildman–Crippen LogP) is 4.97. The molecule has 4 rings (SSSR count). The molecular formula is C23H23N3O2. The summed E-state index contributed by atoms with van der Waals surface area (Å²) >= 11 is 0. The number of aryl methyl sites for hydroxylation is 1. The second-order valence-electron chi connectivity index (χ2n) is 7.48. The van der Waals surface area contributed by atoms with Crippen molar-refractivity contribution in [3.8, 4) is 6.07 Å². The predicted molar refractivity (Wildman–Crippen MR) is 109 cm³/mol. The number of carbonyl (C=O) groups is 1. The van der Waals surface area contributed by atoms with Crippen molar-refractivity contribution in [2.24, 2.45) is 0 Å². The maximum atomic E-state index is 12.7. The van der Waals surface area contributed by atoms with Crippen molar-refractivity contribution in [2.45, 2.75) is 45.7 Å². The number of nitrogens with zero attached hydrogens (tertiary/aromatic N) is 2. The highest BCUT2D eigenvalue weighted by atomic mass is 16.3. The van der Waals surface area contributed by atoms with Crippen molar-refractivity contribution in [2.75, 3.05) is 0 Å². The SMILES string of the molecule is Cc1cc(/C=C(\C#N)C(=O)NC(C)c2cc3ccccc3o2)c(C)n1C1CC1. The first-order valence-electron chi connectivity index (χ1n) is 9.57. The molecule has 1 fully saturated rings. The molecular weight excluding hydrogens is 350 g/mol. The van der Waals surface area contributed by atoms with Crippen LogP contribution in [-0.4, -0.2) is 10.5 Å². The number of hydrogen-bond donors (Lipinski definition) is 1. The van der Waals surface area contributed by atoms with Gasteiger partial charge in [0.05, 0.1) is 6.04 Å². The Morgan fingerprint density at radius 1 is 1.32 bits per heavy atom. The minimum atomic E-state index is -0.397. The molecule has 1 aromatic carbocycles. The van der Waals surface area contributed by atoms with Crippen LogP contribution in [-0.2, 0) is 4.79 Å². The van der Waals surface area contributed by atoms with Crippen molar-refractivity contribution in [1.29, 1.82) is 5.26 Å². The Labute approximate surface area is 164 Å². The second kappa shape index (κ2) is 7.05. The van der Waals surface area contributed by atoms with E-state index in [1.54, 1.807) is 6.08 Å². The van der Waals surface area contributed by atoms with Gasteiger partial charge >= 0.3 is 0 Å². The summed E-state index contributed by atoms with van der Waals surface area (Å²) < 4.78 is 8.11. The molecule has 1 amide bonds. The minimum Gasteiger partial charge on any atom is -0.459 e. The first-order valence-corrected chi connectivity index (χ1v) is 9.57. The van der Waals surface area contributed by atoms with Crippen LogP contribution in [0, 0.1) is 25.2 Å². The average Bonchev–Trinajstić information content (AvgIpc) is 3.33. The van der Waals surface area contributed by atoms with E-state index >= 15 is 0 Å². The molecule has 5 nitrogen and oxygen atoms in total. The summed E-state index contributed by atoms with van der Waals surface area (Å²) in [5, 5.41) is 13.4. The molecule has 2 aromatic heterocycles. The van der Waals surface area contributed by atoms with Crippen molar-refractivity contribution in [1.82, 2.24) is 9.88 Å². The van der Waals surface area contributed by atoms with Crippen molar-refractivity contribution >= 4 is 23.0 Å². The van der Waals surface area contributed by atoms with Crippen LogP contribution in [0.4, 0.5) is 0 Å². The highest BCUT2D eigenvalue weighted by Crippen LogP contribution is 2.38. The van der Waals surface area contributed by atoms with Gasteiger partial charge in [0.2, 0.25) is 0 Å². The summed E-state index contributed by atoms with van der Waals surface area (Å²) in [7, 11) is 0. The second-order valence-corrected chi connectivity index (χ2v) is 7.48. The lowest BCUT2D eigenvalue weighted by atomic mass is 10.1. The number of hydrogen-bond acceptors (Lipinski definition) is 3. The highest BCUT2D eigenvalue weighted by molar-refractivity contribution is 6.02. The summed E-state index contributed by atoms with van der Waals surface area (Å²) in [6.45, 7) is 5.96. The summed E-state index contributed by atoms with van der Waals surface area (Å²) in [6, 6.07) is 13.9. The van der Waals surface area contributed by atoms with E-state index < -0.39 is 5.91 Å². The highest BCUT2D eigenvalue weighted by Gasteiger charge is 2.27. The molecule has 1 unspecified atom stereocenters. The monoisotopic (exact) mass is 373 g/mol. The number of para-hydroxylation sites is 1. The number of amides is 1.